The van der Waals surface area contributed by atoms with Gasteiger partial charge in [0.2, 0.25) is 0 Å². The molecule has 0 radical (unpaired) electrons. The Morgan fingerprint density at radius 2 is 2.14 bits per heavy atom. The van der Waals surface area contributed by atoms with Crippen molar-refractivity contribution in [2.45, 2.75) is 6.42 Å². The zero-order chi connectivity index (χ0) is 15.9. The van der Waals surface area contributed by atoms with E-state index in [0.29, 0.717) is 5.75 Å². The SMILES string of the molecule is COc1ccc(CC#N)c2c3cc([N+](=O)[O-])ccc3n(C)c12. The van der Waals surface area contributed by atoms with Gasteiger partial charge in [0, 0.05) is 35.5 Å². The topological polar surface area (TPSA) is 81.1 Å². The maximum atomic E-state index is 11.0. The average molecular weight is 295 g/mol. The van der Waals surface area contributed by atoms with E-state index in [1.165, 1.54) is 6.07 Å². The standard InChI is InChI=1S/C16H13N3O3/c1-18-13-5-4-11(19(20)21)9-12(13)15-10(7-8-17)3-6-14(22-2)16(15)18/h3-6,9H,7H2,1-2H3. The van der Waals surface area contributed by atoms with Crippen LogP contribution in [-0.4, -0.2) is 16.6 Å². The lowest BCUT2D eigenvalue weighted by atomic mass is 10.0. The van der Waals surface area contributed by atoms with E-state index in [1.807, 2.05) is 23.7 Å². The number of nitro benzene ring substituents is 1. The van der Waals surface area contributed by atoms with Gasteiger partial charge >= 0.3 is 0 Å². The first-order chi connectivity index (χ1) is 10.6. The fraction of sp³-hybridized carbons (Fsp3) is 0.188. The highest BCUT2D eigenvalue weighted by Gasteiger charge is 2.18. The van der Waals surface area contributed by atoms with Crippen LogP contribution < -0.4 is 4.74 Å². The summed E-state index contributed by atoms with van der Waals surface area (Å²) in [5.74, 6) is 0.679. The molecule has 0 saturated carbocycles. The van der Waals surface area contributed by atoms with Crippen molar-refractivity contribution in [3.63, 3.8) is 0 Å². The summed E-state index contributed by atoms with van der Waals surface area (Å²) in [5, 5.41) is 21.7. The maximum absolute atomic E-state index is 11.0. The fourth-order valence-corrected chi connectivity index (χ4v) is 2.90. The van der Waals surface area contributed by atoms with Crippen molar-refractivity contribution in [1.82, 2.24) is 4.57 Å². The van der Waals surface area contributed by atoms with Crippen LogP contribution in [0.2, 0.25) is 0 Å². The number of aryl methyl sites for hydroxylation is 1. The number of methoxy groups -OCH3 is 1. The minimum Gasteiger partial charge on any atom is -0.495 e. The molecule has 0 bridgehead atoms. The minimum atomic E-state index is -0.414. The molecule has 1 heterocycles. The molecule has 6 nitrogen and oxygen atoms in total. The van der Waals surface area contributed by atoms with Gasteiger partial charge in [-0.3, -0.25) is 10.1 Å². The molecule has 3 rings (SSSR count). The molecule has 0 aliphatic heterocycles. The van der Waals surface area contributed by atoms with E-state index >= 15 is 0 Å². The minimum absolute atomic E-state index is 0.0331. The summed E-state index contributed by atoms with van der Waals surface area (Å²) in [6, 6.07) is 10.6. The van der Waals surface area contributed by atoms with E-state index in [1.54, 1.807) is 19.2 Å². The smallest absolute Gasteiger partial charge is 0.270 e. The van der Waals surface area contributed by atoms with Gasteiger partial charge in [0.15, 0.2) is 0 Å². The van der Waals surface area contributed by atoms with Crippen molar-refractivity contribution < 1.29 is 9.66 Å². The predicted octanol–water partition coefficient (Wildman–Crippen LogP) is 3.31. The van der Waals surface area contributed by atoms with Crippen molar-refractivity contribution in [3.8, 4) is 11.8 Å². The van der Waals surface area contributed by atoms with Crippen LogP contribution in [-0.2, 0) is 13.5 Å². The molecule has 0 unspecified atom stereocenters. The van der Waals surface area contributed by atoms with Gasteiger partial charge in [-0.15, -0.1) is 0 Å². The molecule has 110 valence electrons. The predicted molar refractivity (Wildman–Crippen MR) is 82.9 cm³/mol. The average Bonchev–Trinajstić information content (AvgIpc) is 2.82. The van der Waals surface area contributed by atoms with Crippen LogP contribution in [0.25, 0.3) is 21.8 Å². The molecular formula is C16H13N3O3. The molecule has 0 aliphatic rings. The van der Waals surface area contributed by atoms with Gasteiger partial charge in [-0.25, -0.2) is 0 Å². The van der Waals surface area contributed by atoms with E-state index in [4.69, 9.17) is 10.00 Å². The first-order valence-electron chi connectivity index (χ1n) is 6.67. The third-order valence-corrected chi connectivity index (χ3v) is 3.87. The Kier molecular flexibility index (Phi) is 3.18. The molecule has 0 atom stereocenters. The molecule has 0 amide bonds. The zero-order valence-corrected chi connectivity index (χ0v) is 12.2. The summed E-state index contributed by atoms with van der Waals surface area (Å²) in [6.45, 7) is 0. The van der Waals surface area contributed by atoms with Gasteiger partial charge < -0.3 is 9.30 Å². The molecule has 22 heavy (non-hydrogen) atoms. The monoisotopic (exact) mass is 295 g/mol. The highest BCUT2D eigenvalue weighted by atomic mass is 16.6. The van der Waals surface area contributed by atoms with Gasteiger partial charge in [0.1, 0.15) is 5.75 Å². The summed E-state index contributed by atoms with van der Waals surface area (Å²) in [4.78, 5) is 10.6. The van der Waals surface area contributed by atoms with E-state index in [0.717, 1.165) is 27.4 Å². The largest absolute Gasteiger partial charge is 0.495 e. The second-order valence-corrected chi connectivity index (χ2v) is 5.00. The number of hydrogen-bond donors (Lipinski definition) is 0. The molecule has 0 N–H and O–H groups in total. The van der Waals surface area contributed by atoms with Crippen LogP contribution in [0.3, 0.4) is 0 Å². The molecule has 2 aromatic carbocycles. The fourth-order valence-electron chi connectivity index (χ4n) is 2.90. The van der Waals surface area contributed by atoms with Gasteiger partial charge in [0.05, 0.1) is 30.0 Å². The number of ether oxygens (including phenoxy) is 1. The molecule has 3 aromatic rings. The number of non-ortho nitro benzene ring substituents is 1. The van der Waals surface area contributed by atoms with Crippen molar-refractivity contribution in [3.05, 3.63) is 46.0 Å². The van der Waals surface area contributed by atoms with Gasteiger partial charge in [-0.05, 0) is 17.7 Å². The van der Waals surface area contributed by atoms with Crippen LogP contribution in [0.1, 0.15) is 5.56 Å². The van der Waals surface area contributed by atoms with Crippen molar-refractivity contribution in [2.24, 2.45) is 7.05 Å². The highest BCUT2D eigenvalue weighted by Crippen LogP contribution is 2.38. The lowest BCUT2D eigenvalue weighted by molar-refractivity contribution is -0.384. The summed E-state index contributed by atoms with van der Waals surface area (Å²) in [7, 11) is 3.47. The Morgan fingerprint density at radius 3 is 2.77 bits per heavy atom. The number of benzene rings is 2. The second kappa shape index (κ2) is 5.04. The van der Waals surface area contributed by atoms with Crippen LogP contribution in [0.15, 0.2) is 30.3 Å². The number of fused-ring (bicyclic) bond motifs is 3. The number of nitrogens with zero attached hydrogens (tertiary/aromatic N) is 3. The van der Waals surface area contributed by atoms with Gasteiger partial charge in [0.25, 0.3) is 5.69 Å². The van der Waals surface area contributed by atoms with E-state index in [2.05, 4.69) is 6.07 Å². The molecule has 6 heteroatoms. The molecule has 0 fully saturated rings. The Morgan fingerprint density at radius 1 is 1.36 bits per heavy atom. The molecule has 1 aromatic heterocycles. The summed E-state index contributed by atoms with van der Waals surface area (Å²) < 4.78 is 7.35. The third-order valence-electron chi connectivity index (χ3n) is 3.87. The number of rotatable bonds is 3. The quantitative estimate of drug-likeness (QED) is 0.548. The van der Waals surface area contributed by atoms with E-state index in [-0.39, 0.29) is 12.1 Å². The van der Waals surface area contributed by atoms with Crippen LogP contribution >= 0.6 is 0 Å². The van der Waals surface area contributed by atoms with Crippen molar-refractivity contribution in [1.29, 1.82) is 5.26 Å². The van der Waals surface area contributed by atoms with Crippen LogP contribution in [0, 0.1) is 21.4 Å². The lowest BCUT2D eigenvalue weighted by Gasteiger charge is -2.07. The first-order valence-corrected chi connectivity index (χ1v) is 6.67. The van der Waals surface area contributed by atoms with Crippen LogP contribution in [0.5, 0.6) is 5.75 Å². The molecule has 0 aliphatic carbocycles. The highest BCUT2D eigenvalue weighted by molar-refractivity contribution is 6.12. The summed E-state index contributed by atoms with van der Waals surface area (Å²) in [6.07, 6.45) is 0.238. The van der Waals surface area contributed by atoms with Crippen LogP contribution in [0.4, 0.5) is 5.69 Å². The Balaban J connectivity index is 2.52. The first kappa shape index (κ1) is 13.9. The summed E-state index contributed by atoms with van der Waals surface area (Å²) >= 11 is 0. The van der Waals surface area contributed by atoms with Crippen molar-refractivity contribution in [2.75, 3.05) is 7.11 Å². The van der Waals surface area contributed by atoms with Crippen molar-refractivity contribution >= 4 is 27.5 Å². The van der Waals surface area contributed by atoms with Gasteiger partial charge in [-0.2, -0.15) is 5.26 Å². The Bertz CT molecular complexity index is 951. The number of nitriles is 1. The number of hydrogen-bond acceptors (Lipinski definition) is 4. The molecule has 0 saturated heterocycles. The molecular weight excluding hydrogens is 282 g/mol. The summed E-state index contributed by atoms with van der Waals surface area (Å²) in [5.41, 5.74) is 2.57. The molecule has 0 spiro atoms. The lowest BCUT2D eigenvalue weighted by Crippen LogP contribution is -1.93. The number of aromatic nitrogens is 1. The normalized spacial score (nSPS) is 10.8. The van der Waals surface area contributed by atoms with Gasteiger partial charge in [-0.1, -0.05) is 6.07 Å². The Hall–Kier alpha value is -3.07. The number of nitro groups is 1. The maximum Gasteiger partial charge on any atom is 0.270 e. The second-order valence-electron chi connectivity index (χ2n) is 5.00. The Labute approximate surface area is 126 Å². The van der Waals surface area contributed by atoms with E-state index < -0.39 is 4.92 Å². The third kappa shape index (κ3) is 1.87. The van der Waals surface area contributed by atoms with E-state index in [9.17, 15) is 10.1 Å². The zero-order valence-electron chi connectivity index (χ0n) is 12.2.